The summed E-state index contributed by atoms with van der Waals surface area (Å²) in [5, 5.41) is 3.16. The molecule has 2 unspecified atom stereocenters. The van der Waals surface area contributed by atoms with Crippen molar-refractivity contribution in [3.8, 4) is 5.75 Å². The minimum absolute atomic E-state index is 0.0578. The van der Waals surface area contributed by atoms with E-state index in [1.54, 1.807) is 25.4 Å². The van der Waals surface area contributed by atoms with Gasteiger partial charge in [-0.3, -0.25) is 9.78 Å². The summed E-state index contributed by atoms with van der Waals surface area (Å²) in [4.78, 5) is 18.1. The van der Waals surface area contributed by atoms with Crippen molar-refractivity contribution >= 4 is 5.91 Å². The molecule has 1 aromatic rings. The normalized spacial score (nSPS) is 20.3. The van der Waals surface area contributed by atoms with E-state index in [1.807, 2.05) is 18.0 Å². The molecule has 2 atom stereocenters. The molecule has 1 aliphatic rings. The van der Waals surface area contributed by atoms with E-state index in [-0.39, 0.29) is 5.91 Å². The summed E-state index contributed by atoms with van der Waals surface area (Å²) in [7, 11) is 1.94. The van der Waals surface area contributed by atoms with Crippen molar-refractivity contribution in [2.45, 2.75) is 19.4 Å². The zero-order chi connectivity index (χ0) is 13.7. The summed E-state index contributed by atoms with van der Waals surface area (Å²) >= 11 is 0. The molecule has 1 amide bonds. The standard InChI is InChI=1S/C14H21N3O2/c1-11(19-13-4-3-6-16-9-13)14(18)17-7-5-12(10-17)8-15-2/h3-4,6,9,11-12,15H,5,7-8,10H2,1-2H3. The van der Waals surface area contributed by atoms with Crippen LogP contribution in [0.15, 0.2) is 24.5 Å². The van der Waals surface area contributed by atoms with E-state index in [4.69, 9.17) is 4.74 Å². The number of carbonyl (C=O) groups excluding carboxylic acids is 1. The number of nitrogens with one attached hydrogen (secondary N) is 1. The molecule has 0 saturated carbocycles. The number of hydrogen-bond donors (Lipinski definition) is 1. The van der Waals surface area contributed by atoms with E-state index < -0.39 is 6.10 Å². The molecule has 2 rings (SSSR count). The quantitative estimate of drug-likeness (QED) is 0.858. The largest absolute Gasteiger partial charge is 0.479 e. The molecule has 5 nitrogen and oxygen atoms in total. The number of rotatable bonds is 5. The molecular formula is C14H21N3O2. The third-order valence-corrected chi connectivity index (χ3v) is 3.39. The Morgan fingerprint density at radius 2 is 2.53 bits per heavy atom. The van der Waals surface area contributed by atoms with Crippen molar-refractivity contribution in [3.63, 3.8) is 0 Å². The fourth-order valence-electron chi connectivity index (χ4n) is 2.42. The Labute approximate surface area is 114 Å². The van der Waals surface area contributed by atoms with E-state index in [1.165, 1.54) is 0 Å². The van der Waals surface area contributed by atoms with E-state index in [0.29, 0.717) is 11.7 Å². The van der Waals surface area contributed by atoms with Crippen molar-refractivity contribution in [2.24, 2.45) is 5.92 Å². The number of nitrogens with zero attached hydrogens (tertiary/aromatic N) is 2. The van der Waals surface area contributed by atoms with Crippen molar-refractivity contribution in [1.29, 1.82) is 0 Å². The number of likely N-dealkylation sites (tertiary alicyclic amines) is 1. The smallest absolute Gasteiger partial charge is 0.263 e. The molecule has 0 aromatic carbocycles. The van der Waals surface area contributed by atoms with Crippen molar-refractivity contribution in [3.05, 3.63) is 24.5 Å². The lowest BCUT2D eigenvalue weighted by atomic mass is 10.1. The first-order valence-corrected chi connectivity index (χ1v) is 6.70. The number of ether oxygens (including phenoxy) is 1. The van der Waals surface area contributed by atoms with Gasteiger partial charge in [-0.05, 0) is 45.0 Å². The van der Waals surface area contributed by atoms with Crippen LogP contribution in [0.4, 0.5) is 0 Å². The van der Waals surface area contributed by atoms with Gasteiger partial charge in [0.1, 0.15) is 5.75 Å². The van der Waals surface area contributed by atoms with Crippen LogP contribution in [0.25, 0.3) is 0 Å². The molecule has 0 radical (unpaired) electrons. The Hall–Kier alpha value is -1.62. The predicted molar refractivity (Wildman–Crippen MR) is 72.9 cm³/mol. The molecule has 2 heterocycles. The summed E-state index contributed by atoms with van der Waals surface area (Å²) in [5.41, 5.74) is 0. The fourth-order valence-corrected chi connectivity index (χ4v) is 2.42. The van der Waals surface area contributed by atoms with Crippen LogP contribution in [0.3, 0.4) is 0 Å². The van der Waals surface area contributed by atoms with Gasteiger partial charge in [0.25, 0.3) is 5.91 Å². The van der Waals surface area contributed by atoms with Crippen LogP contribution < -0.4 is 10.1 Å². The number of aromatic nitrogens is 1. The second-order valence-corrected chi connectivity index (χ2v) is 4.95. The molecule has 1 saturated heterocycles. The van der Waals surface area contributed by atoms with Crippen LogP contribution in [0, 0.1) is 5.92 Å². The van der Waals surface area contributed by atoms with Gasteiger partial charge in [-0.25, -0.2) is 0 Å². The first kappa shape index (κ1) is 13.8. The second kappa shape index (κ2) is 6.52. The Balaban J connectivity index is 1.86. The van der Waals surface area contributed by atoms with Gasteiger partial charge in [-0.1, -0.05) is 0 Å². The summed E-state index contributed by atoms with van der Waals surface area (Å²) in [6, 6.07) is 3.61. The second-order valence-electron chi connectivity index (χ2n) is 4.95. The summed E-state index contributed by atoms with van der Waals surface area (Å²) in [6.45, 7) is 4.40. The van der Waals surface area contributed by atoms with Gasteiger partial charge in [-0.15, -0.1) is 0 Å². The SMILES string of the molecule is CNCC1CCN(C(=O)C(C)Oc2cccnc2)C1. The Morgan fingerprint density at radius 3 is 3.21 bits per heavy atom. The zero-order valence-corrected chi connectivity index (χ0v) is 11.5. The molecule has 0 bridgehead atoms. The zero-order valence-electron chi connectivity index (χ0n) is 11.5. The minimum Gasteiger partial charge on any atom is -0.479 e. The lowest BCUT2D eigenvalue weighted by Gasteiger charge is -2.21. The summed E-state index contributed by atoms with van der Waals surface area (Å²) in [6.07, 6.45) is 3.91. The van der Waals surface area contributed by atoms with Gasteiger partial charge in [0.15, 0.2) is 6.10 Å². The van der Waals surface area contributed by atoms with Crippen LogP contribution in [-0.4, -0.2) is 48.6 Å². The van der Waals surface area contributed by atoms with E-state index in [9.17, 15) is 4.79 Å². The lowest BCUT2D eigenvalue weighted by molar-refractivity contribution is -0.137. The van der Waals surface area contributed by atoms with Gasteiger partial charge in [-0.2, -0.15) is 0 Å². The number of hydrogen-bond acceptors (Lipinski definition) is 4. The van der Waals surface area contributed by atoms with Crippen LogP contribution >= 0.6 is 0 Å². The van der Waals surface area contributed by atoms with E-state index in [2.05, 4.69) is 10.3 Å². The van der Waals surface area contributed by atoms with E-state index >= 15 is 0 Å². The van der Waals surface area contributed by atoms with Crippen molar-refractivity contribution in [1.82, 2.24) is 15.2 Å². The Bertz CT molecular complexity index is 410. The third kappa shape index (κ3) is 3.67. The van der Waals surface area contributed by atoms with Gasteiger partial charge in [0.05, 0.1) is 6.20 Å². The molecule has 1 aromatic heterocycles. The number of pyridine rings is 1. The van der Waals surface area contributed by atoms with Crippen LogP contribution in [-0.2, 0) is 4.79 Å². The first-order valence-electron chi connectivity index (χ1n) is 6.70. The molecule has 5 heteroatoms. The molecule has 19 heavy (non-hydrogen) atoms. The van der Waals surface area contributed by atoms with Crippen molar-refractivity contribution < 1.29 is 9.53 Å². The molecule has 1 N–H and O–H groups in total. The summed E-state index contributed by atoms with van der Waals surface area (Å²) in [5.74, 6) is 1.25. The molecule has 0 aliphatic carbocycles. The maximum Gasteiger partial charge on any atom is 0.263 e. The highest BCUT2D eigenvalue weighted by Crippen LogP contribution is 2.18. The minimum atomic E-state index is -0.461. The maximum atomic E-state index is 12.3. The highest BCUT2D eigenvalue weighted by atomic mass is 16.5. The number of amides is 1. The predicted octanol–water partition coefficient (Wildman–Crippen LogP) is 0.917. The molecule has 104 valence electrons. The average Bonchev–Trinajstić information content (AvgIpc) is 2.88. The van der Waals surface area contributed by atoms with E-state index in [0.717, 1.165) is 26.1 Å². The van der Waals surface area contributed by atoms with Gasteiger partial charge in [0, 0.05) is 19.3 Å². The maximum absolute atomic E-state index is 12.3. The van der Waals surface area contributed by atoms with Gasteiger partial charge in [0.2, 0.25) is 0 Å². The number of carbonyl (C=O) groups is 1. The fraction of sp³-hybridized carbons (Fsp3) is 0.571. The third-order valence-electron chi connectivity index (χ3n) is 3.39. The topological polar surface area (TPSA) is 54.5 Å². The van der Waals surface area contributed by atoms with Gasteiger partial charge >= 0.3 is 0 Å². The Morgan fingerprint density at radius 1 is 1.68 bits per heavy atom. The highest BCUT2D eigenvalue weighted by Gasteiger charge is 2.29. The Kier molecular flexibility index (Phi) is 4.74. The van der Waals surface area contributed by atoms with Crippen LogP contribution in [0.1, 0.15) is 13.3 Å². The molecule has 0 spiro atoms. The van der Waals surface area contributed by atoms with Crippen LogP contribution in [0.2, 0.25) is 0 Å². The van der Waals surface area contributed by atoms with Crippen LogP contribution in [0.5, 0.6) is 5.75 Å². The average molecular weight is 263 g/mol. The monoisotopic (exact) mass is 263 g/mol. The molecule has 1 aliphatic heterocycles. The van der Waals surface area contributed by atoms with Gasteiger partial charge < -0.3 is 15.0 Å². The summed E-state index contributed by atoms with van der Waals surface area (Å²) < 4.78 is 5.61. The lowest BCUT2D eigenvalue weighted by Crippen LogP contribution is -2.39. The molecular weight excluding hydrogens is 242 g/mol. The highest BCUT2D eigenvalue weighted by molar-refractivity contribution is 5.81. The first-order chi connectivity index (χ1) is 9.20. The molecule has 1 fully saturated rings. The van der Waals surface area contributed by atoms with Crippen molar-refractivity contribution in [2.75, 3.05) is 26.7 Å².